The van der Waals surface area contributed by atoms with Gasteiger partial charge in [-0.2, -0.15) is 28.9 Å². The second-order valence-corrected chi connectivity index (χ2v) is 8.52. The van der Waals surface area contributed by atoms with Gasteiger partial charge in [0.1, 0.15) is 4.90 Å². The minimum absolute atomic E-state index is 0.182. The Morgan fingerprint density at radius 1 is 1.12 bits per heavy atom. The molecule has 0 aliphatic rings. The maximum atomic E-state index is 12.9. The fourth-order valence-electron chi connectivity index (χ4n) is 3.30. The Balaban J connectivity index is 2.12. The Morgan fingerprint density at radius 2 is 1.79 bits per heavy atom. The van der Waals surface area contributed by atoms with E-state index in [1.807, 2.05) is 0 Å². The number of hydrogen-bond acceptors (Lipinski definition) is 9. The van der Waals surface area contributed by atoms with Crippen LogP contribution in [0.4, 0.5) is 8.78 Å². The molecule has 1 aromatic carbocycles. The van der Waals surface area contributed by atoms with Crippen molar-refractivity contribution in [3.05, 3.63) is 41.7 Å². The molecule has 0 amide bonds. The Hall–Kier alpha value is -3.62. The van der Waals surface area contributed by atoms with Crippen molar-refractivity contribution in [3.8, 4) is 34.7 Å². The maximum Gasteiger partial charge on any atom is 0.387 e. The molecule has 0 spiro atoms. The third-order valence-corrected chi connectivity index (χ3v) is 5.87. The predicted octanol–water partition coefficient (Wildman–Crippen LogP) is 2.80. The molecule has 0 bridgehead atoms. The number of ether oxygens (including phenoxy) is 3. The van der Waals surface area contributed by atoms with Crippen molar-refractivity contribution in [2.75, 3.05) is 14.2 Å². The predicted molar refractivity (Wildman–Crippen MR) is 116 cm³/mol. The third-order valence-electron chi connectivity index (χ3n) is 4.62. The van der Waals surface area contributed by atoms with Gasteiger partial charge < -0.3 is 14.2 Å². The quantitative estimate of drug-likeness (QED) is 0.395. The molecule has 4 rings (SSSR count). The van der Waals surface area contributed by atoms with E-state index in [-0.39, 0.29) is 38.5 Å². The van der Waals surface area contributed by atoms with E-state index in [4.69, 9.17) is 26.2 Å². The van der Waals surface area contributed by atoms with Gasteiger partial charge in [-0.15, -0.1) is 0 Å². The van der Waals surface area contributed by atoms with E-state index < -0.39 is 22.4 Å². The number of rotatable bonds is 7. The highest BCUT2D eigenvalue weighted by Gasteiger charge is 2.27. The number of sulfonamides is 1. The molecule has 0 aliphatic carbocycles. The van der Waals surface area contributed by atoms with Crippen molar-refractivity contribution in [2.45, 2.75) is 11.5 Å². The molecule has 2 N–H and O–H groups in total. The maximum absolute atomic E-state index is 12.9. The highest BCUT2D eigenvalue weighted by Crippen LogP contribution is 2.40. The van der Waals surface area contributed by atoms with Gasteiger partial charge in [-0.25, -0.2) is 13.6 Å². The highest BCUT2D eigenvalue weighted by atomic mass is 35.5. The Labute approximate surface area is 196 Å². The van der Waals surface area contributed by atoms with E-state index in [0.29, 0.717) is 11.3 Å². The van der Waals surface area contributed by atoms with Crippen molar-refractivity contribution in [3.63, 3.8) is 0 Å². The molecule has 3 heterocycles. The molecule has 0 aliphatic heterocycles. The fraction of sp³-hybridized carbons (Fsp3) is 0.158. The summed E-state index contributed by atoms with van der Waals surface area (Å²) >= 11 is 6.46. The van der Waals surface area contributed by atoms with E-state index in [1.165, 1.54) is 37.1 Å². The van der Waals surface area contributed by atoms with Crippen LogP contribution < -0.4 is 19.3 Å². The lowest BCUT2D eigenvalue weighted by molar-refractivity contribution is -0.0534. The van der Waals surface area contributed by atoms with Gasteiger partial charge in [0.15, 0.2) is 0 Å². The van der Waals surface area contributed by atoms with Crippen molar-refractivity contribution in [1.29, 1.82) is 0 Å². The number of hydrogen-bond donors (Lipinski definition) is 1. The lowest BCUT2D eigenvalue weighted by Gasteiger charge is -2.15. The first-order valence-corrected chi connectivity index (χ1v) is 11.2. The second-order valence-electron chi connectivity index (χ2n) is 6.59. The summed E-state index contributed by atoms with van der Waals surface area (Å²) in [6.45, 7) is -3.21. The van der Waals surface area contributed by atoms with Gasteiger partial charge in [0, 0.05) is 23.3 Å². The van der Waals surface area contributed by atoms with Gasteiger partial charge in [0.2, 0.25) is 21.7 Å². The molecular formula is C19H15ClF2N6O5S. The largest absolute Gasteiger partial charge is 0.478 e. The number of methoxy groups -OCH3 is 2. The summed E-state index contributed by atoms with van der Waals surface area (Å²) in [5.74, 6) is -1.52. The summed E-state index contributed by atoms with van der Waals surface area (Å²) in [6, 6.07) is 6.17. The van der Waals surface area contributed by atoms with Gasteiger partial charge in [-0.1, -0.05) is 11.6 Å². The van der Waals surface area contributed by atoms with Crippen LogP contribution in [0.5, 0.6) is 17.5 Å². The summed E-state index contributed by atoms with van der Waals surface area (Å²) in [4.78, 5) is 7.95. The van der Waals surface area contributed by atoms with Gasteiger partial charge in [0.05, 0.1) is 30.5 Å². The van der Waals surface area contributed by atoms with Gasteiger partial charge in [0.25, 0.3) is 11.8 Å². The van der Waals surface area contributed by atoms with Crippen LogP contribution in [0.3, 0.4) is 0 Å². The molecule has 11 nitrogen and oxygen atoms in total. The first-order chi connectivity index (χ1) is 16.2. The zero-order valence-electron chi connectivity index (χ0n) is 17.4. The standard InChI is InChI=1S/C19H15ClF2N6O5S/c1-31-16-15(33-18(21)22)17(32-2)26-19(25-16)28-8-12(34(23,29)30)9-5-6-10(20)13(14(9)28)11-4-3-7-24-27-11/h3-8,18H,1-2H3,(H2,23,29,30). The van der Waals surface area contributed by atoms with Crippen molar-refractivity contribution in [1.82, 2.24) is 24.7 Å². The topological polar surface area (TPSA) is 144 Å². The lowest BCUT2D eigenvalue weighted by Crippen LogP contribution is -2.12. The van der Waals surface area contributed by atoms with Gasteiger partial charge >= 0.3 is 6.61 Å². The molecule has 0 atom stereocenters. The second kappa shape index (κ2) is 8.96. The van der Waals surface area contributed by atoms with Crippen molar-refractivity contribution in [2.24, 2.45) is 5.14 Å². The third kappa shape index (κ3) is 4.18. The van der Waals surface area contributed by atoms with E-state index in [1.54, 1.807) is 12.1 Å². The Kier molecular flexibility index (Phi) is 6.20. The molecular weight excluding hydrogens is 498 g/mol. The Morgan fingerprint density at radius 3 is 2.32 bits per heavy atom. The van der Waals surface area contributed by atoms with E-state index in [2.05, 4.69) is 24.9 Å². The number of fused-ring (bicyclic) bond motifs is 1. The van der Waals surface area contributed by atoms with Crippen LogP contribution in [0.15, 0.2) is 41.6 Å². The van der Waals surface area contributed by atoms with Crippen LogP contribution in [0, 0.1) is 0 Å². The molecule has 3 aromatic heterocycles. The molecule has 0 saturated heterocycles. The number of halogens is 3. The van der Waals surface area contributed by atoms with E-state index in [0.717, 1.165) is 6.20 Å². The smallest absolute Gasteiger partial charge is 0.387 e. The zero-order chi connectivity index (χ0) is 24.6. The number of alkyl halides is 2. The summed E-state index contributed by atoms with van der Waals surface area (Å²) in [5, 5.41) is 13.7. The first-order valence-electron chi connectivity index (χ1n) is 9.25. The van der Waals surface area contributed by atoms with Crippen molar-refractivity contribution >= 4 is 32.5 Å². The number of aromatic nitrogens is 5. The van der Waals surface area contributed by atoms with Gasteiger partial charge in [-0.3, -0.25) is 4.57 Å². The number of benzene rings is 1. The molecule has 0 fully saturated rings. The van der Waals surface area contributed by atoms with E-state index in [9.17, 15) is 17.2 Å². The van der Waals surface area contributed by atoms with Crippen LogP contribution in [0.25, 0.3) is 28.1 Å². The molecule has 0 unspecified atom stereocenters. The molecule has 15 heteroatoms. The summed E-state index contributed by atoms with van der Waals surface area (Å²) in [7, 11) is -1.87. The monoisotopic (exact) mass is 512 g/mol. The SMILES string of the molecule is COc1nc(-n2cc(S(N)(=O)=O)c3ccc(Cl)c(-c4cccnn4)c32)nc(OC)c1OC(F)F. The van der Waals surface area contributed by atoms with Gasteiger partial charge in [-0.05, 0) is 24.3 Å². The molecule has 4 aromatic rings. The van der Waals surface area contributed by atoms with E-state index >= 15 is 0 Å². The lowest BCUT2D eigenvalue weighted by atomic mass is 10.1. The number of nitrogens with zero attached hydrogens (tertiary/aromatic N) is 5. The first kappa shape index (κ1) is 23.5. The zero-order valence-corrected chi connectivity index (χ0v) is 19.0. The van der Waals surface area contributed by atoms with Crippen molar-refractivity contribution < 1.29 is 31.4 Å². The molecule has 34 heavy (non-hydrogen) atoms. The van der Waals surface area contributed by atoms with Crippen LogP contribution in [-0.4, -0.2) is 54.0 Å². The Bertz CT molecular complexity index is 1460. The number of primary sulfonamides is 1. The minimum Gasteiger partial charge on any atom is -0.478 e. The summed E-state index contributed by atoms with van der Waals surface area (Å²) < 4.78 is 66.4. The van der Waals surface area contributed by atoms with Crippen LogP contribution >= 0.6 is 11.6 Å². The summed E-state index contributed by atoms with van der Waals surface area (Å²) in [6.07, 6.45) is 2.62. The molecule has 0 saturated carbocycles. The average molecular weight is 513 g/mol. The fourth-order valence-corrected chi connectivity index (χ4v) is 4.28. The molecule has 0 radical (unpaired) electrons. The summed E-state index contributed by atoms with van der Waals surface area (Å²) in [5.41, 5.74) is 0.829. The average Bonchev–Trinajstić information content (AvgIpc) is 3.19. The van der Waals surface area contributed by atoms with Crippen LogP contribution in [-0.2, 0) is 10.0 Å². The van der Waals surface area contributed by atoms with Crippen LogP contribution in [0.2, 0.25) is 5.02 Å². The minimum atomic E-state index is -4.23. The number of nitrogens with two attached hydrogens (primary N) is 1. The van der Waals surface area contributed by atoms with Crippen LogP contribution in [0.1, 0.15) is 0 Å². The normalized spacial score (nSPS) is 11.7. The molecule has 178 valence electrons. The highest BCUT2D eigenvalue weighted by molar-refractivity contribution is 7.89.